The first-order valence-electron chi connectivity index (χ1n) is 8.95. The van der Waals surface area contributed by atoms with Crippen molar-refractivity contribution >= 4 is 22.2 Å². The molecule has 0 N–H and O–H groups in total. The van der Waals surface area contributed by atoms with Gasteiger partial charge in [0.1, 0.15) is 5.82 Å². The van der Waals surface area contributed by atoms with Crippen LogP contribution in [-0.2, 0) is 13.1 Å². The summed E-state index contributed by atoms with van der Waals surface area (Å²) in [4.78, 5) is 24.2. The second kappa shape index (κ2) is 7.44. The minimum atomic E-state index is -2.61. The van der Waals surface area contributed by atoms with Gasteiger partial charge in [-0.15, -0.1) is 11.3 Å². The molecule has 142 valence electrons. The molecule has 27 heavy (non-hydrogen) atoms. The number of fused-ring (bicyclic) bond motifs is 1. The molecule has 1 aliphatic heterocycles. The van der Waals surface area contributed by atoms with Crippen LogP contribution in [0.5, 0.6) is 0 Å². The summed E-state index contributed by atoms with van der Waals surface area (Å²) in [5, 5.41) is 3.39. The van der Waals surface area contributed by atoms with Gasteiger partial charge in [-0.25, -0.2) is 18.7 Å². The monoisotopic (exact) mass is 390 g/mol. The Bertz CT molecular complexity index is 1020. The summed E-state index contributed by atoms with van der Waals surface area (Å²) in [5.41, 5.74) is 1.12. The lowest BCUT2D eigenvalue weighted by molar-refractivity contribution is 0.120. The number of nitrogens with zero attached hydrogens (tertiary/aromatic N) is 4. The van der Waals surface area contributed by atoms with Gasteiger partial charge >= 0.3 is 0 Å². The Labute approximate surface area is 159 Å². The number of likely N-dealkylation sites (tertiary alicyclic amines) is 1. The second-order valence-corrected chi connectivity index (χ2v) is 7.84. The summed E-state index contributed by atoms with van der Waals surface area (Å²) in [5.74, 6) is 0.434. The van der Waals surface area contributed by atoms with Crippen molar-refractivity contribution in [2.75, 3.05) is 6.54 Å². The summed E-state index contributed by atoms with van der Waals surface area (Å²) in [7, 11) is 0. The molecular weight excluding hydrogens is 370 g/mol. The minimum Gasteiger partial charge on any atom is -0.289 e. The first-order chi connectivity index (χ1) is 13.0. The number of thiazole rings is 1. The predicted octanol–water partition coefficient (Wildman–Crippen LogP) is 3.76. The highest BCUT2D eigenvalue weighted by molar-refractivity contribution is 7.09. The Hall–Kier alpha value is -2.19. The van der Waals surface area contributed by atoms with Crippen LogP contribution in [0.4, 0.5) is 8.78 Å². The summed E-state index contributed by atoms with van der Waals surface area (Å²) in [6, 6.07) is 6.77. The Morgan fingerprint density at radius 1 is 1.30 bits per heavy atom. The molecule has 1 unspecified atom stereocenters. The van der Waals surface area contributed by atoms with E-state index in [9.17, 15) is 13.6 Å². The maximum Gasteiger partial charge on any atom is 0.261 e. The predicted molar refractivity (Wildman–Crippen MR) is 101 cm³/mol. The third kappa shape index (κ3) is 3.64. The number of halogens is 2. The van der Waals surface area contributed by atoms with Gasteiger partial charge in [-0.05, 0) is 38.4 Å². The van der Waals surface area contributed by atoms with Crippen molar-refractivity contribution in [2.24, 2.45) is 0 Å². The number of aromatic nitrogens is 3. The second-order valence-electron chi connectivity index (χ2n) is 6.78. The minimum absolute atomic E-state index is 0.164. The number of rotatable bonds is 5. The highest BCUT2D eigenvalue weighted by Gasteiger charge is 2.31. The molecule has 3 aromatic rings. The number of hydrogen-bond donors (Lipinski definition) is 0. The van der Waals surface area contributed by atoms with E-state index in [0.717, 1.165) is 30.1 Å². The van der Waals surface area contributed by atoms with Crippen LogP contribution in [0.25, 0.3) is 10.9 Å². The van der Waals surface area contributed by atoms with Crippen molar-refractivity contribution in [2.45, 2.75) is 45.3 Å². The zero-order valence-electron chi connectivity index (χ0n) is 14.9. The molecule has 3 heterocycles. The van der Waals surface area contributed by atoms with E-state index in [2.05, 4.69) is 14.9 Å². The van der Waals surface area contributed by atoms with Crippen molar-refractivity contribution in [3.05, 3.63) is 56.5 Å². The van der Waals surface area contributed by atoms with Crippen LogP contribution in [0.15, 0.2) is 34.4 Å². The summed E-state index contributed by atoms with van der Waals surface area (Å²) < 4.78 is 27.6. The van der Waals surface area contributed by atoms with Gasteiger partial charge in [0.2, 0.25) is 0 Å². The number of hydrogen-bond acceptors (Lipinski definition) is 5. The van der Waals surface area contributed by atoms with Gasteiger partial charge in [0.15, 0.2) is 0 Å². The van der Waals surface area contributed by atoms with Gasteiger partial charge in [-0.2, -0.15) is 0 Å². The molecule has 0 saturated carbocycles. The lowest BCUT2D eigenvalue weighted by atomic mass is 10.1. The zero-order valence-corrected chi connectivity index (χ0v) is 15.8. The third-order valence-corrected chi connectivity index (χ3v) is 5.73. The summed E-state index contributed by atoms with van der Waals surface area (Å²) in [6.45, 7) is 2.79. The van der Waals surface area contributed by atoms with Crippen molar-refractivity contribution in [3.8, 4) is 0 Å². The van der Waals surface area contributed by atoms with Crippen LogP contribution in [0, 0.1) is 6.92 Å². The molecule has 0 radical (unpaired) electrons. The number of benzene rings is 1. The molecule has 1 saturated heterocycles. The van der Waals surface area contributed by atoms with Crippen molar-refractivity contribution in [1.29, 1.82) is 0 Å². The quantitative estimate of drug-likeness (QED) is 0.666. The van der Waals surface area contributed by atoms with Crippen LogP contribution in [0.1, 0.15) is 35.4 Å². The highest BCUT2D eigenvalue weighted by Crippen LogP contribution is 2.32. The van der Waals surface area contributed by atoms with E-state index in [-0.39, 0.29) is 6.04 Å². The van der Waals surface area contributed by atoms with Crippen molar-refractivity contribution < 1.29 is 8.78 Å². The lowest BCUT2D eigenvalue weighted by Crippen LogP contribution is -2.33. The Morgan fingerprint density at radius 3 is 2.85 bits per heavy atom. The lowest BCUT2D eigenvalue weighted by Gasteiger charge is -2.26. The molecule has 0 amide bonds. The van der Waals surface area contributed by atoms with Crippen molar-refractivity contribution in [3.63, 3.8) is 0 Å². The fourth-order valence-electron chi connectivity index (χ4n) is 3.75. The first kappa shape index (κ1) is 18.2. The van der Waals surface area contributed by atoms with Gasteiger partial charge in [-0.3, -0.25) is 14.3 Å². The molecule has 1 atom stereocenters. The van der Waals surface area contributed by atoms with Crippen LogP contribution in [0.3, 0.4) is 0 Å². The Kier molecular flexibility index (Phi) is 5.01. The van der Waals surface area contributed by atoms with Crippen LogP contribution >= 0.6 is 11.3 Å². The largest absolute Gasteiger partial charge is 0.289 e. The molecule has 4 rings (SSSR count). The molecule has 0 bridgehead atoms. The van der Waals surface area contributed by atoms with Gasteiger partial charge in [0.25, 0.3) is 12.0 Å². The third-order valence-electron chi connectivity index (χ3n) is 4.91. The molecule has 1 aliphatic rings. The molecule has 5 nitrogen and oxygen atoms in total. The zero-order chi connectivity index (χ0) is 19.0. The normalized spacial score (nSPS) is 18.0. The van der Waals surface area contributed by atoms with E-state index in [0.29, 0.717) is 23.3 Å². The number of alkyl halides is 2. The average Bonchev–Trinajstić information content (AvgIpc) is 3.26. The van der Waals surface area contributed by atoms with Crippen LogP contribution < -0.4 is 5.56 Å². The van der Waals surface area contributed by atoms with Crippen LogP contribution in [0.2, 0.25) is 0 Å². The topological polar surface area (TPSA) is 51.0 Å². The molecule has 1 aromatic carbocycles. The van der Waals surface area contributed by atoms with Gasteiger partial charge < -0.3 is 0 Å². The maximum atomic E-state index is 13.2. The molecule has 0 spiro atoms. The average molecular weight is 390 g/mol. The molecule has 0 aliphatic carbocycles. The Morgan fingerprint density at radius 2 is 2.11 bits per heavy atom. The highest BCUT2D eigenvalue weighted by atomic mass is 32.1. The molecule has 1 fully saturated rings. The van der Waals surface area contributed by atoms with Crippen molar-refractivity contribution in [1.82, 2.24) is 19.4 Å². The fourth-order valence-corrected chi connectivity index (χ4v) is 4.35. The molecular formula is C19H20F2N4OS. The van der Waals surface area contributed by atoms with E-state index in [1.807, 2.05) is 12.3 Å². The van der Waals surface area contributed by atoms with E-state index < -0.39 is 18.5 Å². The standard InChI is InChI=1S/C19H20F2N4OS/c1-12-22-13(11-27-12)9-24-8-4-7-16(24)18-23-15-6-3-2-5-14(15)19(26)25(18)10-17(20)21/h2-3,5-6,11,16-17H,4,7-10H2,1H3. The fraction of sp³-hybridized carbons (Fsp3) is 0.421. The molecule has 2 aromatic heterocycles. The molecule has 8 heteroatoms. The van der Waals surface area contributed by atoms with E-state index in [4.69, 9.17) is 0 Å². The summed E-state index contributed by atoms with van der Waals surface area (Å²) in [6.07, 6.45) is -0.886. The number of aryl methyl sites for hydroxylation is 1. The maximum absolute atomic E-state index is 13.2. The van der Waals surface area contributed by atoms with Gasteiger partial charge in [0.05, 0.1) is 34.2 Å². The number of para-hydroxylation sites is 1. The van der Waals surface area contributed by atoms with E-state index >= 15 is 0 Å². The van der Waals surface area contributed by atoms with E-state index in [1.54, 1.807) is 35.6 Å². The van der Waals surface area contributed by atoms with Gasteiger partial charge in [0, 0.05) is 11.9 Å². The van der Waals surface area contributed by atoms with Crippen LogP contribution in [-0.4, -0.2) is 32.4 Å². The smallest absolute Gasteiger partial charge is 0.261 e. The SMILES string of the molecule is Cc1nc(CN2CCCC2c2nc3ccccc3c(=O)n2CC(F)F)cs1. The van der Waals surface area contributed by atoms with E-state index in [1.165, 1.54) is 4.57 Å². The first-order valence-corrected chi connectivity index (χ1v) is 9.83. The Balaban J connectivity index is 1.77. The van der Waals surface area contributed by atoms with Gasteiger partial charge in [-0.1, -0.05) is 12.1 Å². The summed E-state index contributed by atoms with van der Waals surface area (Å²) >= 11 is 1.59.